The third-order valence-electron chi connectivity index (χ3n) is 3.00. The molecule has 0 atom stereocenters. The van der Waals surface area contributed by atoms with Crippen LogP contribution in [0.15, 0.2) is 48.5 Å². The summed E-state index contributed by atoms with van der Waals surface area (Å²) in [6.07, 6.45) is 0.430. The lowest BCUT2D eigenvalue weighted by molar-refractivity contribution is 0.0992. The molecule has 2 aromatic rings. The number of carbonyl (C=O) groups is 1. The van der Waals surface area contributed by atoms with Crippen LogP contribution < -0.4 is 4.74 Å². The topological polar surface area (TPSA) is 26.3 Å². The predicted octanol–water partition coefficient (Wildman–Crippen LogP) is 3.43. The van der Waals surface area contributed by atoms with Crippen LogP contribution in [0.1, 0.15) is 21.5 Å². The summed E-state index contributed by atoms with van der Waals surface area (Å²) in [6.45, 7) is 2.02. The van der Waals surface area contributed by atoms with Crippen molar-refractivity contribution < 1.29 is 9.53 Å². The largest absolute Gasteiger partial charge is 0.497 e. The van der Waals surface area contributed by atoms with E-state index in [9.17, 15) is 4.79 Å². The van der Waals surface area contributed by atoms with E-state index in [0.29, 0.717) is 17.7 Å². The van der Waals surface area contributed by atoms with E-state index in [1.54, 1.807) is 13.2 Å². The van der Waals surface area contributed by atoms with Crippen molar-refractivity contribution in [1.82, 2.24) is 0 Å². The van der Waals surface area contributed by atoms with Gasteiger partial charge in [0.2, 0.25) is 0 Å². The van der Waals surface area contributed by atoms with Crippen LogP contribution in [-0.4, -0.2) is 12.9 Å². The van der Waals surface area contributed by atoms with Crippen LogP contribution in [0.3, 0.4) is 0 Å². The summed E-state index contributed by atoms with van der Waals surface area (Å²) in [4.78, 5) is 12.2. The molecule has 92 valence electrons. The number of aryl methyl sites for hydroxylation is 1. The molecule has 0 bridgehead atoms. The summed E-state index contributed by atoms with van der Waals surface area (Å²) >= 11 is 0. The fourth-order valence-electron chi connectivity index (χ4n) is 1.88. The fraction of sp³-hybridized carbons (Fsp3) is 0.188. The maximum atomic E-state index is 12.2. The van der Waals surface area contributed by atoms with Gasteiger partial charge in [0.15, 0.2) is 5.78 Å². The van der Waals surface area contributed by atoms with E-state index in [4.69, 9.17) is 4.74 Å². The third-order valence-corrected chi connectivity index (χ3v) is 3.00. The molecule has 0 saturated heterocycles. The molecule has 2 rings (SSSR count). The maximum Gasteiger partial charge on any atom is 0.167 e. The Morgan fingerprint density at radius 3 is 2.61 bits per heavy atom. The normalized spacial score (nSPS) is 10.1. The van der Waals surface area contributed by atoms with Gasteiger partial charge in [0.25, 0.3) is 0 Å². The number of carbonyl (C=O) groups excluding carboxylic acids is 1. The molecule has 0 fully saturated rings. The second-order valence-electron chi connectivity index (χ2n) is 4.26. The molecule has 2 nitrogen and oxygen atoms in total. The predicted molar refractivity (Wildman–Crippen MR) is 72.2 cm³/mol. The van der Waals surface area contributed by atoms with E-state index in [1.807, 2.05) is 49.4 Å². The number of rotatable bonds is 4. The van der Waals surface area contributed by atoms with Gasteiger partial charge >= 0.3 is 0 Å². The summed E-state index contributed by atoms with van der Waals surface area (Å²) in [5.74, 6) is 0.828. The maximum absolute atomic E-state index is 12.2. The van der Waals surface area contributed by atoms with Crippen molar-refractivity contribution in [3.8, 4) is 5.75 Å². The lowest BCUT2D eigenvalue weighted by atomic mass is 9.99. The summed E-state index contributed by atoms with van der Waals surface area (Å²) in [5.41, 5.74) is 2.91. The molecule has 0 amide bonds. The van der Waals surface area contributed by atoms with Crippen LogP contribution in [0.2, 0.25) is 0 Å². The van der Waals surface area contributed by atoms with Crippen LogP contribution in [0.4, 0.5) is 0 Å². The molecule has 0 aliphatic carbocycles. The van der Waals surface area contributed by atoms with E-state index in [-0.39, 0.29) is 5.78 Å². The minimum absolute atomic E-state index is 0.114. The third kappa shape index (κ3) is 2.77. The fourth-order valence-corrected chi connectivity index (χ4v) is 1.88. The molecular weight excluding hydrogens is 224 g/mol. The SMILES string of the molecule is COc1cccc(C(=O)Cc2ccccc2C)c1. The molecule has 0 aromatic heterocycles. The molecule has 2 heteroatoms. The lowest BCUT2D eigenvalue weighted by Crippen LogP contribution is -2.04. The number of benzene rings is 2. The second-order valence-corrected chi connectivity index (χ2v) is 4.26. The first kappa shape index (κ1) is 12.4. The van der Waals surface area contributed by atoms with Crippen LogP contribution in [0.5, 0.6) is 5.75 Å². The van der Waals surface area contributed by atoms with Crippen LogP contribution in [0.25, 0.3) is 0 Å². The van der Waals surface area contributed by atoms with Crippen LogP contribution in [-0.2, 0) is 6.42 Å². The van der Waals surface area contributed by atoms with Gasteiger partial charge in [0.1, 0.15) is 5.75 Å². The average Bonchev–Trinajstić information content (AvgIpc) is 2.41. The zero-order valence-electron chi connectivity index (χ0n) is 10.6. The van der Waals surface area contributed by atoms with Crippen molar-refractivity contribution in [3.63, 3.8) is 0 Å². The Labute approximate surface area is 107 Å². The minimum atomic E-state index is 0.114. The quantitative estimate of drug-likeness (QED) is 0.765. The van der Waals surface area contributed by atoms with E-state index < -0.39 is 0 Å². The van der Waals surface area contributed by atoms with Crippen molar-refractivity contribution in [2.24, 2.45) is 0 Å². The smallest absolute Gasteiger partial charge is 0.167 e. The highest BCUT2D eigenvalue weighted by Crippen LogP contribution is 2.16. The van der Waals surface area contributed by atoms with Crippen molar-refractivity contribution in [2.45, 2.75) is 13.3 Å². The molecule has 0 spiro atoms. The van der Waals surface area contributed by atoms with Gasteiger partial charge in [0, 0.05) is 12.0 Å². The van der Waals surface area contributed by atoms with Gasteiger partial charge in [0.05, 0.1) is 7.11 Å². The van der Waals surface area contributed by atoms with Crippen molar-refractivity contribution in [3.05, 3.63) is 65.2 Å². The summed E-state index contributed by atoms with van der Waals surface area (Å²) < 4.78 is 5.13. The number of ether oxygens (including phenoxy) is 1. The first-order valence-electron chi connectivity index (χ1n) is 5.92. The highest BCUT2D eigenvalue weighted by atomic mass is 16.5. The monoisotopic (exact) mass is 240 g/mol. The zero-order valence-corrected chi connectivity index (χ0v) is 10.6. The van der Waals surface area contributed by atoms with Crippen molar-refractivity contribution in [1.29, 1.82) is 0 Å². The number of Topliss-reactive ketones (excluding diaryl/α,β-unsaturated/α-hetero) is 1. The van der Waals surface area contributed by atoms with E-state index >= 15 is 0 Å². The van der Waals surface area contributed by atoms with Crippen molar-refractivity contribution in [2.75, 3.05) is 7.11 Å². The van der Waals surface area contributed by atoms with Gasteiger partial charge < -0.3 is 4.74 Å². The van der Waals surface area contributed by atoms with E-state index in [1.165, 1.54) is 0 Å². The Morgan fingerprint density at radius 1 is 1.11 bits per heavy atom. The highest BCUT2D eigenvalue weighted by molar-refractivity contribution is 5.98. The first-order chi connectivity index (χ1) is 8.70. The van der Waals surface area contributed by atoms with Gasteiger partial charge in [-0.05, 0) is 30.2 Å². The van der Waals surface area contributed by atoms with Gasteiger partial charge in [-0.25, -0.2) is 0 Å². The minimum Gasteiger partial charge on any atom is -0.497 e. The second kappa shape index (κ2) is 5.50. The molecule has 0 saturated carbocycles. The standard InChI is InChI=1S/C16H16O2/c1-12-6-3-4-7-13(12)11-16(17)14-8-5-9-15(10-14)18-2/h3-10H,11H2,1-2H3. The summed E-state index contributed by atoms with van der Waals surface area (Å²) in [7, 11) is 1.60. The Morgan fingerprint density at radius 2 is 1.89 bits per heavy atom. The van der Waals surface area contributed by atoms with Crippen LogP contribution in [0, 0.1) is 6.92 Å². The molecule has 0 heterocycles. The molecule has 0 aliphatic rings. The van der Waals surface area contributed by atoms with Gasteiger partial charge in [-0.2, -0.15) is 0 Å². The lowest BCUT2D eigenvalue weighted by Gasteiger charge is -2.06. The van der Waals surface area contributed by atoms with Gasteiger partial charge in [-0.1, -0.05) is 36.4 Å². The molecule has 0 unspecified atom stereocenters. The molecule has 0 radical (unpaired) electrons. The Kier molecular flexibility index (Phi) is 3.78. The highest BCUT2D eigenvalue weighted by Gasteiger charge is 2.09. The Bertz CT molecular complexity index is 559. The first-order valence-corrected chi connectivity index (χ1v) is 5.92. The molecule has 0 aliphatic heterocycles. The van der Waals surface area contributed by atoms with Crippen LogP contribution >= 0.6 is 0 Å². The van der Waals surface area contributed by atoms with E-state index in [2.05, 4.69) is 0 Å². The Hall–Kier alpha value is -2.09. The molecule has 0 N–H and O–H groups in total. The molecule has 2 aromatic carbocycles. The molecular formula is C16H16O2. The number of ketones is 1. The van der Waals surface area contributed by atoms with E-state index in [0.717, 1.165) is 11.1 Å². The van der Waals surface area contributed by atoms with Gasteiger partial charge in [-0.3, -0.25) is 4.79 Å². The Balaban J connectivity index is 2.19. The van der Waals surface area contributed by atoms with Crippen molar-refractivity contribution >= 4 is 5.78 Å². The summed E-state index contributed by atoms with van der Waals surface area (Å²) in [5, 5.41) is 0. The van der Waals surface area contributed by atoms with Gasteiger partial charge in [-0.15, -0.1) is 0 Å². The zero-order chi connectivity index (χ0) is 13.0. The summed E-state index contributed by atoms with van der Waals surface area (Å²) in [6, 6.07) is 15.2. The number of hydrogen-bond acceptors (Lipinski definition) is 2. The number of methoxy groups -OCH3 is 1. The number of hydrogen-bond donors (Lipinski definition) is 0. The average molecular weight is 240 g/mol. The molecule has 18 heavy (non-hydrogen) atoms.